The Kier molecular flexibility index (Phi) is 3.79. The molecule has 0 saturated heterocycles. The summed E-state index contributed by atoms with van der Waals surface area (Å²) in [5, 5.41) is 12.6. The fourth-order valence-corrected chi connectivity index (χ4v) is 1.03. The summed E-state index contributed by atoms with van der Waals surface area (Å²) < 4.78 is 0. The summed E-state index contributed by atoms with van der Waals surface area (Å²) in [6.07, 6.45) is 1.19. The Labute approximate surface area is 87.1 Å². The van der Waals surface area contributed by atoms with Crippen molar-refractivity contribution in [2.45, 2.75) is 19.8 Å². The average Bonchev–Trinajstić information content (AvgIpc) is 2.15. The molecule has 0 atom stereocenters. The maximum absolute atomic E-state index is 11.2. The van der Waals surface area contributed by atoms with Gasteiger partial charge in [-0.25, -0.2) is 4.98 Å². The fourth-order valence-electron chi connectivity index (χ4n) is 1.03. The van der Waals surface area contributed by atoms with Crippen molar-refractivity contribution in [2.75, 3.05) is 5.32 Å². The van der Waals surface area contributed by atoms with Gasteiger partial charge >= 0.3 is 0 Å². The van der Waals surface area contributed by atoms with E-state index in [1.807, 2.05) is 6.92 Å². The molecule has 0 bridgehead atoms. The second-order valence-corrected chi connectivity index (χ2v) is 3.14. The average molecular weight is 207 g/mol. The van der Waals surface area contributed by atoms with Crippen molar-refractivity contribution in [3.8, 4) is 0 Å². The SMILES string of the molecule is Cc1ccnc(NC(=O)CCC(=O)[O-])c1. The van der Waals surface area contributed by atoms with Gasteiger partial charge in [-0.15, -0.1) is 0 Å². The number of anilines is 1. The van der Waals surface area contributed by atoms with Crippen LogP contribution in [-0.2, 0) is 9.59 Å². The van der Waals surface area contributed by atoms with Crippen LogP contribution in [-0.4, -0.2) is 16.9 Å². The van der Waals surface area contributed by atoms with E-state index in [1.165, 1.54) is 0 Å². The molecule has 0 radical (unpaired) electrons. The normalized spacial score (nSPS) is 9.67. The molecular formula is C10H11N2O3-. The summed E-state index contributed by atoms with van der Waals surface area (Å²) in [5.41, 5.74) is 0.972. The molecule has 1 amide bonds. The molecule has 1 heterocycles. The first kappa shape index (κ1) is 11.2. The topological polar surface area (TPSA) is 82.1 Å². The zero-order valence-electron chi connectivity index (χ0n) is 8.32. The number of carboxylic acid groups (broad SMARTS) is 1. The number of carboxylic acids is 1. The van der Waals surface area contributed by atoms with E-state index in [1.54, 1.807) is 18.3 Å². The first-order valence-electron chi connectivity index (χ1n) is 4.50. The number of carbonyl (C=O) groups excluding carboxylic acids is 2. The van der Waals surface area contributed by atoms with E-state index in [2.05, 4.69) is 10.3 Å². The number of hydrogen-bond acceptors (Lipinski definition) is 4. The quantitative estimate of drug-likeness (QED) is 0.744. The zero-order chi connectivity index (χ0) is 11.3. The molecule has 0 spiro atoms. The molecule has 5 heteroatoms. The Morgan fingerprint density at radius 1 is 1.47 bits per heavy atom. The van der Waals surface area contributed by atoms with E-state index in [-0.39, 0.29) is 18.7 Å². The molecular weight excluding hydrogens is 196 g/mol. The van der Waals surface area contributed by atoms with Gasteiger partial charge in [-0.05, 0) is 31.0 Å². The highest BCUT2D eigenvalue weighted by Gasteiger charge is 2.02. The molecule has 1 aromatic rings. The van der Waals surface area contributed by atoms with E-state index in [0.29, 0.717) is 5.82 Å². The minimum Gasteiger partial charge on any atom is -0.550 e. The highest BCUT2D eigenvalue weighted by Crippen LogP contribution is 2.05. The van der Waals surface area contributed by atoms with E-state index < -0.39 is 5.97 Å². The zero-order valence-corrected chi connectivity index (χ0v) is 8.32. The largest absolute Gasteiger partial charge is 0.550 e. The molecule has 1 aromatic heterocycles. The van der Waals surface area contributed by atoms with Crippen molar-refractivity contribution in [2.24, 2.45) is 0 Å². The third-order valence-corrected chi connectivity index (χ3v) is 1.74. The maximum atomic E-state index is 11.2. The van der Waals surface area contributed by atoms with Gasteiger partial charge in [-0.2, -0.15) is 0 Å². The number of aliphatic carboxylic acids is 1. The summed E-state index contributed by atoms with van der Waals surface area (Å²) in [6, 6.07) is 3.51. The van der Waals surface area contributed by atoms with Crippen LogP contribution in [0.5, 0.6) is 0 Å². The van der Waals surface area contributed by atoms with Gasteiger partial charge in [0.2, 0.25) is 5.91 Å². The van der Waals surface area contributed by atoms with Gasteiger partial charge in [0.05, 0.1) is 0 Å². The van der Waals surface area contributed by atoms with Crippen LogP contribution < -0.4 is 10.4 Å². The molecule has 1 N–H and O–H groups in total. The smallest absolute Gasteiger partial charge is 0.225 e. The van der Waals surface area contributed by atoms with Crippen LogP contribution in [0.1, 0.15) is 18.4 Å². The molecule has 0 aromatic carbocycles. The number of nitrogens with one attached hydrogen (secondary N) is 1. The van der Waals surface area contributed by atoms with Crippen LogP contribution in [0.2, 0.25) is 0 Å². The number of hydrogen-bond donors (Lipinski definition) is 1. The molecule has 5 nitrogen and oxygen atoms in total. The van der Waals surface area contributed by atoms with Crippen molar-refractivity contribution in [3.05, 3.63) is 23.9 Å². The molecule has 0 aliphatic rings. The fraction of sp³-hybridized carbons (Fsp3) is 0.300. The summed E-state index contributed by atoms with van der Waals surface area (Å²) in [5.74, 6) is -1.18. The minimum absolute atomic E-state index is 0.0993. The highest BCUT2D eigenvalue weighted by molar-refractivity contribution is 5.91. The van der Waals surface area contributed by atoms with Gasteiger partial charge in [0.1, 0.15) is 5.82 Å². The van der Waals surface area contributed by atoms with Gasteiger partial charge in [-0.1, -0.05) is 0 Å². The minimum atomic E-state index is -1.23. The monoisotopic (exact) mass is 207 g/mol. The van der Waals surface area contributed by atoms with Crippen molar-refractivity contribution in [1.82, 2.24) is 4.98 Å². The third-order valence-electron chi connectivity index (χ3n) is 1.74. The lowest BCUT2D eigenvalue weighted by Gasteiger charge is -2.05. The van der Waals surface area contributed by atoms with E-state index in [0.717, 1.165) is 5.56 Å². The second-order valence-electron chi connectivity index (χ2n) is 3.14. The Morgan fingerprint density at radius 2 is 2.20 bits per heavy atom. The lowest BCUT2D eigenvalue weighted by atomic mass is 10.3. The second kappa shape index (κ2) is 5.09. The van der Waals surface area contributed by atoms with Crippen LogP contribution in [0.4, 0.5) is 5.82 Å². The number of pyridine rings is 1. The number of aryl methyl sites for hydroxylation is 1. The number of carbonyl (C=O) groups is 2. The first-order chi connectivity index (χ1) is 7.08. The van der Waals surface area contributed by atoms with Crippen LogP contribution >= 0.6 is 0 Å². The molecule has 0 unspecified atom stereocenters. The van der Waals surface area contributed by atoms with E-state index in [4.69, 9.17) is 0 Å². The number of aromatic nitrogens is 1. The Balaban J connectivity index is 2.48. The predicted octanol–water partition coefficient (Wildman–Crippen LogP) is -0.141. The standard InChI is InChI=1S/C10H12N2O3/c1-7-4-5-11-8(6-7)12-9(13)2-3-10(14)15/h4-6H,2-3H2,1H3,(H,14,15)(H,11,12,13)/p-1. The van der Waals surface area contributed by atoms with E-state index in [9.17, 15) is 14.7 Å². The van der Waals surface area contributed by atoms with Gasteiger partial charge in [-0.3, -0.25) is 4.79 Å². The van der Waals surface area contributed by atoms with Crippen molar-refractivity contribution in [3.63, 3.8) is 0 Å². The van der Waals surface area contributed by atoms with Crippen LogP contribution in [0, 0.1) is 6.92 Å². The van der Waals surface area contributed by atoms with Crippen molar-refractivity contribution in [1.29, 1.82) is 0 Å². The first-order valence-corrected chi connectivity index (χ1v) is 4.50. The number of rotatable bonds is 4. The van der Waals surface area contributed by atoms with E-state index >= 15 is 0 Å². The molecule has 1 rings (SSSR count). The van der Waals surface area contributed by atoms with Gasteiger partial charge < -0.3 is 15.2 Å². The summed E-state index contributed by atoms with van der Waals surface area (Å²) >= 11 is 0. The van der Waals surface area contributed by atoms with Gasteiger partial charge in [0.15, 0.2) is 0 Å². The Morgan fingerprint density at radius 3 is 2.80 bits per heavy atom. The molecule has 80 valence electrons. The molecule has 0 fully saturated rings. The lowest BCUT2D eigenvalue weighted by molar-refractivity contribution is -0.305. The predicted molar refractivity (Wildman–Crippen MR) is 51.8 cm³/mol. The van der Waals surface area contributed by atoms with Gasteiger partial charge in [0, 0.05) is 18.6 Å². The van der Waals surface area contributed by atoms with Crippen LogP contribution in [0.3, 0.4) is 0 Å². The van der Waals surface area contributed by atoms with Crippen LogP contribution in [0.25, 0.3) is 0 Å². The molecule has 0 aliphatic heterocycles. The Bertz CT molecular complexity index is 377. The highest BCUT2D eigenvalue weighted by atomic mass is 16.4. The maximum Gasteiger partial charge on any atom is 0.225 e. The Hall–Kier alpha value is -1.91. The molecule has 0 saturated carbocycles. The van der Waals surface area contributed by atoms with Crippen molar-refractivity contribution < 1.29 is 14.7 Å². The summed E-state index contributed by atoms with van der Waals surface area (Å²) in [4.78, 5) is 25.2. The number of nitrogens with zero attached hydrogens (tertiary/aromatic N) is 1. The third kappa shape index (κ3) is 4.21. The van der Waals surface area contributed by atoms with Gasteiger partial charge in [0.25, 0.3) is 0 Å². The number of amides is 1. The summed E-state index contributed by atoms with van der Waals surface area (Å²) in [7, 11) is 0. The molecule has 0 aliphatic carbocycles. The summed E-state index contributed by atoms with van der Waals surface area (Å²) in [6.45, 7) is 1.87. The van der Waals surface area contributed by atoms with Crippen molar-refractivity contribution >= 4 is 17.7 Å². The lowest BCUT2D eigenvalue weighted by Crippen LogP contribution is -2.24. The van der Waals surface area contributed by atoms with Crippen LogP contribution in [0.15, 0.2) is 18.3 Å². The molecule has 15 heavy (non-hydrogen) atoms.